The van der Waals surface area contributed by atoms with Crippen LogP contribution in [-0.4, -0.2) is 44.7 Å². The summed E-state index contributed by atoms with van der Waals surface area (Å²) in [6, 6.07) is 4.26. The Balaban J connectivity index is 2.92. The molecule has 0 saturated carbocycles. The number of ether oxygens (including phenoxy) is 2. The fraction of sp³-hybridized carbons (Fsp3) is 0.533. The van der Waals surface area contributed by atoms with E-state index in [1.165, 1.54) is 19.2 Å². The van der Waals surface area contributed by atoms with Crippen LogP contribution in [0.2, 0.25) is 0 Å². The van der Waals surface area contributed by atoms with Crippen molar-refractivity contribution < 1.29 is 18.7 Å². The van der Waals surface area contributed by atoms with Crippen LogP contribution in [0.3, 0.4) is 0 Å². The summed E-state index contributed by atoms with van der Waals surface area (Å²) in [6.07, 6.45) is 0. The summed E-state index contributed by atoms with van der Waals surface area (Å²) in [7, 11) is 3.03. The molecule has 0 atom stereocenters. The van der Waals surface area contributed by atoms with Crippen LogP contribution >= 0.6 is 0 Å². The largest absolute Gasteiger partial charge is 0.497 e. The van der Waals surface area contributed by atoms with Gasteiger partial charge in [0, 0.05) is 26.3 Å². The number of rotatable bonds is 7. The van der Waals surface area contributed by atoms with Crippen LogP contribution in [0.4, 0.5) is 4.39 Å². The maximum Gasteiger partial charge on any atom is 0.256 e. The standard InChI is InChI=1S/C15H22FNO3/c1-11(2)10-17(7-8-19-3)15(18)13-6-5-12(20-4)9-14(13)16/h5-6,9,11H,7-8,10H2,1-4H3. The predicted octanol–water partition coefficient (Wildman–Crippen LogP) is 2.58. The van der Waals surface area contributed by atoms with Crippen LogP contribution < -0.4 is 4.74 Å². The van der Waals surface area contributed by atoms with Gasteiger partial charge in [0.25, 0.3) is 5.91 Å². The molecule has 0 radical (unpaired) electrons. The zero-order valence-corrected chi connectivity index (χ0v) is 12.5. The molecule has 1 aromatic rings. The lowest BCUT2D eigenvalue weighted by atomic mass is 10.1. The Labute approximate surface area is 119 Å². The van der Waals surface area contributed by atoms with Crippen molar-refractivity contribution in [1.29, 1.82) is 0 Å². The van der Waals surface area contributed by atoms with E-state index in [2.05, 4.69) is 0 Å². The van der Waals surface area contributed by atoms with Gasteiger partial charge in [0.15, 0.2) is 0 Å². The molecule has 0 spiro atoms. The van der Waals surface area contributed by atoms with E-state index in [0.717, 1.165) is 0 Å². The highest BCUT2D eigenvalue weighted by molar-refractivity contribution is 5.94. The number of hydrogen-bond donors (Lipinski definition) is 0. The molecule has 0 heterocycles. The topological polar surface area (TPSA) is 38.8 Å². The number of methoxy groups -OCH3 is 2. The van der Waals surface area contributed by atoms with E-state index < -0.39 is 5.82 Å². The second-order valence-electron chi connectivity index (χ2n) is 4.98. The van der Waals surface area contributed by atoms with E-state index in [1.54, 1.807) is 18.1 Å². The Morgan fingerprint density at radius 2 is 2.05 bits per heavy atom. The molecule has 0 fully saturated rings. The highest BCUT2D eigenvalue weighted by Gasteiger charge is 2.20. The van der Waals surface area contributed by atoms with Crippen molar-refractivity contribution in [3.63, 3.8) is 0 Å². The zero-order valence-electron chi connectivity index (χ0n) is 12.5. The number of carbonyl (C=O) groups is 1. The molecule has 0 aliphatic carbocycles. The highest BCUT2D eigenvalue weighted by Crippen LogP contribution is 2.18. The van der Waals surface area contributed by atoms with Gasteiger partial charge < -0.3 is 14.4 Å². The van der Waals surface area contributed by atoms with Crippen molar-refractivity contribution in [1.82, 2.24) is 4.90 Å². The second-order valence-corrected chi connectivity index (χ2v) is 4.98. The van der Waals surface area contributed by atoms with Crippen LogP contribution in [0.1, 0.15) is 24.2 Å². The molecule has 1 aromatic carbocycles. The first-order chi connectivity index (χ1) is 9.49. The van der Waals surface area contributed by atoms with Crippen molar-refractivity contribution >= 4 is 5.91 Å². The van der Waals surface area contributed by atoms with Gasteiger partial charge in [-0.1, -0.05) is 13.8 Å². The first-order valence-electron chi connectivity index (χ1n) is 6.61. The van der Waals surface area contributed by atoms with Crippen molar-refractivity contribution in [2.75, 3.05) is 33.9 Å². The summed E-state index contributed by atoms with van der Waals surface area (Å²) in [5.74, 6) is -0.195. The third-order valence-electron chi connectivity index (χ3n) is 2.84. The molecule has 4 nitrogen and oxygen atoms in total. The normalized spacial score (nSPS) is 10.7. The molecule has 0 aliphatic heterocycles. The van der Waals surface area contributed by atoms with Gasteiger partial charge in [0.05, 0.1) is 19.3 Å². The molecule has 1 amide bonds. The van der Waals surface area contributed by atoms with Crippen LogP contribution in [0, 0.1) is 11.7 Å². The van der Waals surface area contributed by atoms with Crippen LogP contribution in [0.5, 0.6) is 5.75 Å². The van der Waals surface area contributed by atoms with Gasteiger partial charge in [-0.25, -0.2) is 4.39 Å². The minimum absolute atomic E-state index is 0.0579. The van der Waals surface area contributed by atoms with Crippen molar-refractivity contribution in [3.05, 3.63) is 29.6 Å². The molecule has 0 bridgehead atoms. The predicted molar refractivity (Wildman–Crippen MR) is 75.6 cm³/mol. The number of carbonyl (C=O) groups excluding carboxylic acids is 1. The monoisotopic (exact) mass is 283 g/mol. The molecule has 0 saturated heterocycles. The Morgan fingerprint density at radius 3 is 2.55 bits per heavy atom. The molecule has 0 aliphatic rings. The van der Waals surface area contributed by atoms with Crippen molar-refractivity contribution in [3.8, 4) is 5.75 Å². The number of halogens is 1. The summed E-state index contributed by atoms with van der Waals surface area (Å²) in [5.41, 5.74) is 0.0579. The van der Waals surface area contributed by atoms with Gasteiger partial charge in [-0.3, -0.25) is 4.79 Å². The summed E-state index contributed by atoms with van der Waals surface area (Å²) in [5, 5.41) is 0. The SMILES string of the molecule is COCCN(CC(C)C)C(=O)c1ccc(OC)cc1F. The first-order valence-corrected chi connectivity index (χ1v) is 6.61. The minimum atomic E-state index is -0.569. The average Bonchev–Trinajstić information content (AvgIpc) is 2.42. The van der Waals surface area contributed by atoms with Crippen molar-refractivity contribution in [2.24, 2.45) is 5.92 Å². The number of benzene rings is 1. The molecule has 5 heteroatoms. The van der Waals surface area contributed by atoms with Gasteiger partial charge in [-0.05, 0) is 18.1 Å². The third-order valence-corrected chi connectivity index (χ3v) is 2.84. The van der Waals surface area contributed by atoms with E-state index in [4.69, 9.17) is 9.47 Å². The number of nitrogens with zero attached hydrogens (tertiary/aromatic N) is 1. The number of hydrogen-bond acceptors (Lipinski definition) is 3. The van der Waals surface area contributed by atoms with Crippen LogP contribution in [0.25, 0.3) is 0 Å². The smallest absolute Gasteiger partial charge is 0.256 e. The molecule has 20 heavy (non-hydrogen) atoms. The number of amides is 1. The molecule has 0 N–H and O–H groups in total. The van der Waals surface area contributed by atoms with Gasteiger partial charge in [-0.2, -0.15) is 0 Å². The molecular weight excluding hydrogens is 261 g/mol. The summed E-state index contributed by atoms with van der Waals surface area (Å²) >= 11 is 0. The quantitative estimate of drug-likeness (QED) is 0.772. The van der Waals surface area contributed by atoms with Gasteiger partial charge in [0.2, 0.25) is 0 Å². The van der Waals surface area contributed by atoms with E-state index >= 15 is 0 Å². The average molecular weight is 283 g/mol. The lowest BCUT2D eigenvalue weighted by molar-refractivity contribution is 0.0667. The molecule has 1 rings (SSSR count). The lowest BCUT2D eigenvalue weighted by Crippen LogP contribution is -2.37. The summed E-state index contributed by atoms with van der Waals surface area (Å²) in [4.78, 5) is 14.0. The van der Waals surface area contributed by atoms with E-state index in [0.29, 0.717) is 31.4 Å². The Kier molecular flexibility index (Phi) is 6.45. The maximum atomic E-state index is 13.9. The molecule has 0 unspecified atom stereocenters. The van der Waals surface area contributed by atoms with Gasteiger partial charge in [0.1, 0.15) is 11.6 Å². The fourth-order valence-electron chi connectivity index (χ4n) is 1.88. The minimum Gasteiger partial charge on any atom is -0.497 e. The lowest BCUT2D eigenvalue weighted by Gasteiger charge is -2.24. The first kappa shape index (κ1) is 16.4. The Morgan fingerprint density at radius 1 is 1.35 bits per heavy atom. The maximum absolute atomic E-state index is 13.9. The third kappa shape index (κ3) is 4.49. The second kappa shape index (κ2) is 7.85. The van der Waals surface area contributed by atoms with Crippen molar-refractivity contribution in [2.45, 2.75) is 13.8 Å². The fourth-order valence-corrected chi connectivity index (χ4v) is 1.88. The van der Waals surface area contributed by atoms with Crippen LogP contribution in [0.15, 0.2) is 18.2 Å². The van der Waals surface area contributed by atoms with Gasteiger partial charge >= 0.3 is 0 Å². The van der Waals surface area contributed by atoms with E-state index in [1.807, 2.05) is 13.8 Å². The molecular formula is C15H22FNO3. The summed E-state index contributed by atoms with van der Waals surface area (Å²) < 4.78 is 23.9. The Hall–Kier alpha value is -1.62. The molecule has 0 aromatic heterocycles. The zero-order chi connectivity index (χ0) is 15.1. The van der Waals surface area contributed by atoms with Gasteiger partial charge in [-0.15, -0.1) is 0 Å². The van der Waals surface area contributed by atoms with E-state index in [-0.39, 0.29) is 11.5 Å². The highest BCUT2D eigenvalue weighted by atomic mass is 19.1. The molecule has 112 valence electrons. The Bertz CT molecular complexity index is 449. The van der Waals surface area contributed by atoms with Crippen LogP contribution in [-0.2, 0) is 4.74 Å². The summed E-state index contributed by atoms with van der Waals surface area (Å²) in [6.45, 7) is 5.46. The van der Waals surface area contributed by atoms with E-state index in [9.17, 15) is 9.18 Å².